The van der Waals surface area contributed by atoms with Crippen LogP contribution in [0.1, 0.15) is 20.7 Å². The van der Waals surface area contributed by atoms with Gasteiger partial charge in [-0.2, -0.15) is 0 Å². The quantitative estimate of drug-likeness (QED) is 0.436. The van der Waals surface area contributed by atoms with Crippen molar-refractivity contribution < 1.29 is 35.9 Å². The van der Waals surface area contributed by atoms with Crippen LogP contribution >= 0.6 is 0 Å². The molecule has 0 saturated carbocycles. The van der Waals surface area contributed by atoms with E-state index < -0.39 is 51.4 Å². The standard InChI is InChI=1S/C21H14F3NO5S/c22-13-5-8-15(9-6-13)31(28,29)25-19-4-2-1-3-16(19)21(27)30-12-20(26)17-11-14(23)7-10-18(17)24/h1-11,25H,12H2. The molecular weight excluding hydrogens is 435 g/mol. The molecular formula is C21H14F3NO5S. The van der Waals surface area contributed by atoms with Gasteiger partial charge in [-0.25, -0.2) is 26.4 Å². The molecule has 0 heterocycles. The summed E-state index contributed by atoms with van der Waals surface area (Å²) in [7, 11) is -4.15. The molecule has 0 spiro atoms. The molecule has 10 heteroatoms. The van der Waals surface area contributed by atoms with E-state index in [0.717, 1.165) is 36.4 Å². The Kier molecular flexibility index (Phi) is 6.40. The molecule has 160 valence electrons. The number of para-hydroxylation sites is 1. The molecule has 0 amide bonds. The van der Waals surface area contributed by atoms with E-state index in [1.807, 2.05) is 0 Å². The van der Waals surface area contributed by atoms with Gasteiger partial charge in [-0.15, -0.1) is 0 Å². The molecule has 0 aliphatic rings. The Morgan fingerprint density at radius 2 is 1.48 bits per heavy atom. The highest BCUT2D eigenvalue weighted by atomic mass is 32.2. The van der Waals surface area contributed by atoms with Gasteiger partial charge in [0.15, 0.2) is 6.61 Å². The third kappa shape index (κ3) is 5.28. The number of carbonyl (C=O) groups excluding carboxylic acids is 2. The van der Waals surface area contributed by atoms with Crippen LogP contribution in [0.5, 0.6) is 0 Å². The van der Waals surface area contributed by atoms with Crippen LogP contribution in [-0.4, -0.2) is 26.8 Å². The molecule has 0 radical (unpaired) electrons. The third-order valence-corrected chi connectivity index (χ3v) is 5.46. The Labute approximate surface area is 175 Å². The van der Waals surface area contributed by atoms with Crippen molar-refractivity contribution in [1.29, 1.82) is 0 Å². The highest BCUT2D eigenvalue weighted by molar-refractivity contribution is 7.92. The number of rotatable bonds is 7. The SMILES string of the molecule is O=C(COC(=O)c1ccccc1NS(=O)(=O)c1ccc(F)cc1)c1cc(F)ccc1F. The summed E-state index contributed by atoms with van der Waals surface area (Å²) in [5, 5.41) is 0. The second-order valence-corrected chi connectivity index (χ2v) is 7.91. The van der Waals surface area contributed by atoms with Crippen molar-refractivity contribution in [2.75, 3.05) is 11.3 Å². The molecule has 3 aromatic carbocycles. The maximum absolute atomic E-state index is 13.7. The highest BCUT2D eigenvalue weighted by Gasteiger charge is 2.21. The maximum atomic E-state index is 13.7. The zero-order chi connectivity index (χ0) is 22.6. The molecule has 31 heavy (non-hydrogen) atoms. The van der Waals surface area contributed by atoms with Crippen molar-refractivity contribution in [3.05, 3.63) is 95.3 Å². The van der Waals surface area contributed by atoms with Crippen molar-refractivity contribution in [3.63, 3.8) is 0 Å². The number of ether oxygens (including phenoxy) is 1. The Morgan fingerprint density at radius 3 is 2.19 bits per heavy atom. The molecule has 0 aliphatic carbocycles. The van der Waals surface area contributed by atoms with Gasteiger partial charge >= 0.3 is 5.97 Å². The molecule has 0 aliphatic heterocycles. The topological polar surface area (TPSA) is 89.5 Å². The van der Waals surface area contributed by atoms with Crippen molar-refractivity contribution in [1.82, 2.24) is 0 Å². The lowest BCUT2D eigenvalue weighted by molar-refractivity contribution is 0.0474. The Hall–Kier alpha value is -3.66. The second kappa shape index (κ2) is 9.00. The van der Waals surface area contributed by atoms with Gasteiger partial charge in [0.25, 0.3) is 10.0 Å². The molecule has 0 atom stereocenters. The lowest BCUT2D eigenvalue weighted by Crippen LogP contribution is -2.19. The summed E-state index contributed by atoms with van der Waals surface area (Å²) >= 11 is 0. The molecule has 0 saturated heterocycles. The molecule has 6 nitrogen and oxygen atoms in total. The van der Waals surface area contributed by atoms with E-state index in [0.29, 0.717) is 6.07 Å². The Bertz CT molecular complexity index is 1240. The number of Topliss-reactive ketones (excluding diaryl/α,β-unsaturated/α-hetero) is 1. The minimum Gasteiger partial charge on any atom is -0.454 e. The van der Waals surface area contributed by atoms with Crippen LogP contribution in [0, 0.1) is 17.5 Å². The van der Waals surface area contributed by atoms with Gasteiger partial charge in [0, 0.05) is 0 Å². The summed E-state index contributed by atoms with van der Waals surface area (Å²) in [6.07, 6.45) is 0. The van der Waals surface area contributed by atoms with E-state index in [1.165, 1.54) is 24.3 Å². The first-order valence-electron chi connectivity index (χ1n) is 8.70. The summed E-state index contributed by atoms with van der Waals surface area (Å²) in [6.45, 7) is -0.891. The summed E-state index contributed by atoms with van der Waals surface area (Å²) in [5.74, 6) is -4.48. The second-order valence-electron chi connectivity index (χ2n) is 6.23. The molecule has 0 aromatic heterocycles. The highest BCUT2D eigenvalue weighted by Crippen LogP contribution is 2.21. The van der Waals surface area contributed by atoms with Crippen LogP contribution in [0.2, 0.25) is 0 Å². The van der Waals surface area contributed by atoms with Crippen LogP contribution in [0.4, 0.5) is 18.9 Å². The van der Waals surface area contributed by atoms with Crippen LogP contribution in [0.3, 0.4) is 0 Å². The van der Waals surface area contributed by atoms with Gasteiger partial charge in [0.05, 0.1) is 21.7 Å². The number of esters is 1. The van der Waals surface area contributed by atoms with Crippen molar-refractivity contribution in [2.45, 2.75) is 4.90 Å². The summed E-state index contributed by atoms with van der Waals surface area (Å²) < 4.78 is 72.0. The van der Waals surface area contributed by atoms with Gasteiger partial charge in [0.1, 0.15) is 17.5 Å². The van der Waals surface area contributed by atoms with E-state index in [2.05, 4.69) is 4.72 Å². The number of carbonyl (C=O) groups is 2. The van der Waals surface area contributed by atoms with Gasteiger partial charge in [-0.3, -0.25) is 9.52 Å². The number of ketones is 1. The average molecular weight is 449 g/mol. The molecule has 0 fully saturated rings. The Balaban J connectivity index is 1.76. The molecule has 0 bridgehead atoms. The fourth-order valence-electron chi connectivity index (χ4n) is 2.57. The fraction of sp³-hybridized carbons (Fsp3) is 0.0476. The first-order valence-corrected chi connectivity index (χ1v) is 10.2. The van der Waals surface area contributed by atoms with Crippen molar-refractivity contribution >= 4 is 27.5 Å². The molecule has 3 rings (SSSR count). The number of anilines is 1. The third-order valence-electron chi connectivity index (χ3n) is 4.08. The van der Waals surface area contributed by atoms with Gasteiger partial charge < -0.3 is 4.74 Å². The number of hydrogen-bond donors (Lipinski definition) is 1. The van der Waals surface area contributed by atoms with Crippen molar-refractivity contribution in [2.24, 2.45) is 0 Å². The van der Waals surface area contributed by atoms with Gasteiger partial charge in [-0.1, -0.05) is 12.1 Å². The van der Waals surface area contributed by atoms with E-state index in [1.54, 1.807) is 0 Å². The number of sulfonamides is 1. The first-order chi connectivity index (χ1) is 14.7. The first kappa shape index (κ1) is 22.0. The van der Waals surface area contributed by atoms with Gasteiger partial charge in [-0.05, 0) is 54.6 Å². The van der Waals surface area contributed by atoms with E-state index in [-0.39, 0.29) is 16.1 Å². The molecule has 1 N–H and O–H groups in total. The summed E-state index contributed by atoms with van der Waals surface area (Å²) in [6, 6.07) is 11.7. The number of nitrogens with one attached hydrogen (secondary N) is 1. The zero-order valence-corrected chi connectivity index (χ0v) is 16.5. The fourth-order valence-corrected chi connectivity index (χ4v) is 3.65. The lowest BCUT2D eigenvalue weighted by atomic mass is 10.1. The zero-order valence-electron chi connectivity index (χ0n) is 15.6. The number of benzene rings is 3. The minimum absolute atomic E-state index is 0.152. The normalized spacial score (nSPS) is 11.1. The number of halogens is 3. The van der Waals surface area contributed by atoms with Crippen LogP contribution in [0.25, 0.3) is 0 Å². The Morgan fingerprint density at radius 1 is 0.839 bits per heavy atom. The van der Waals surface area contributed by atoms with Gasteiger partial charge in [0.2, 0.25) is 5.78 Å². The van der Waals surface area contributed by atoms with Crippen molar-refractivity contribution in [3.8, 4) is 0 Å². The summed E-state index contributed by atoms with van der Waals surface area (Å²) in [4.78, 5) is 24.2. The largest absolute Gasteiger partial charge is 0.454 e. The summed E-state index contributed by atoms with van der Waals surface area (Å²) in [5.41, 5.74) is -0.958. The maximum Gasteiger partial charge on any atom is 0.340 e. The number of hydrogen-bond acceptors (Lipinski definition) is 5. The molecule has 3 aromatic rings. The van der Waals surface area contributed by atoms with Crippen LogP contribution in [-0.2, 0) is 14.8 Å². The predicted molar refractivity (Wildman–Crippen MR) is 105 cm³/mol. The van der Waals surface area contributed by atoms with E-state index >= 15 is 0 Å². The van der Waals surface area contributed by atoms with E-state index in [4.69, 9.17) is 4.74 Å². The predicted octanol–water partition coefficient (Wildman–Crippen LogP) is 3.94. The smallest absolute Gasteiger partial charge is 0.340 e. The minimum atomic E-state index is -4.15. The van der Waals surface area contributed by atoms with Crippen LogP contribution in [0.15, 0.2) is 71.6 Å². The average Bonchev–Trinajstić information content (AvgIpc) is 2.74. The van der Waals surface area contributed by atoms with E-state index in [9.17, 15) is 31.2 Å². The lowest BCUT2D eigenvalue weighted by Gasteiger charge is -2.12. The monoisotopic (exact) mass is 449 g/mol. The molecule has 0 unspecified atom stereocenters. The van der Waals surface area contributed by atoms with Crippen LogP contribution < -0.4 is 4.72 Å².